The van der Waals surface area contributed by atoms with E-state index in [1.54, 1.807) is 25.4 Å². The average Bonchev–Trinajstić information content (AvgIpc) is 2.95. The summed E-state index contributed by atoms with van der Waals surface area (Å²) in [4.78, 5) is 21.3. The lowest BCUT2D eigenvalue weighted by molar-refractivity contribution is 0.104. The van der Waals surface area contributed by atoms with E-state index in [9.17, 15) is 4.79 Å². The second-order valence-electron chi connectivity index (χ2n) is 4.27. The first kappa shape index (κ1) is 11.9. The molecule has 0 unspecified atom stereocenters. The van der Waals surface area contributed by atoms with Gasteiger partial charge in [-0.05, 0) is 25.1 Å². The van der Waals surface area contributed by atoms with Crippen LogP contribution in [0.5, 0.6) is 5.88 Å². The summed E-state index contributed by atoms with van der Waals surface area (Å²) in [5.41, 5.74) is 1.67. The third-order valence-corrected chi connectivity index (χ3v) is 3.94. The molecule has 3 aromatic heterocycles. The lowest BCUT2D eigenvalue weighted by Gasteiger charge is -2.00. The monoisotopic (exact) mass is 272 g/mol. The van der Waals surface area contributed by atoms with Crippen LogP contribution in [0.25, 0.3) is 10.2 Å². The highest BCUT2D eigenvalue weighted by molar-refractivity contribution is 7.20. The van der Waals surface area contributed by atoms with Crippen molar-refractivity contribution in [2.75, 3.05) is 7.11 Å². The summed E-state index contributed by atoms with van der Waals surface area (Å²) in [6, 6.07) is 7.37. The summed E-state index contributed by atoms with van der Waals surface area (Å²) in [5, 5.41) is 1.08. The number of fused-ring (bicyclic) bond motifs is 1. The van der Waals surface area contributed by atoms with Crippen molar-refractivity contribution in [3.63, 3.8) is 0 Å². The molecule has 1 N–H and O–H groups in total. The minimum absolute atomic E-state index is 0.0117. The maximum Gasteiger partial charge on any atom is 0.212 e. The number of aryl methyl sites for hydroxylation is 1. The largest absolute Gasteiger partial charge is 0.481 e. The molecule has 0 amide bonds. The van der Waals surface area contributed by atoms with Crippen molar-refractivity contribution in [2.45, 2.75) is 6.92 Å². The minimum atomic E-state index is -0.0117. The molecule has 3 heterocycles. The SMILES string of the molecule is COc1ccc(C(=O)c2cc3cc(C)[nH]c3s2)cn1. The average molecular weight is 272 g/mol. The fraction of sp³-hybridized carbons (Fsp3) is 0.143. The van der Waals surface area contributed by atoms with Gasteiger partial charge in [-0.2, -0.15) is 0 Å². The second kappa shape index (κ2) is 4.51. The van der Waals surface area contributed by atoms with Gasteiger partial charge in [0, 0.05) is 28.9 Å². The molecule has 19 heavy (non-hydrogen) atoms. The number of hydrogen-bond donors (Lipinski definition) is 1. The Balaban J connectivity index is 1.95. The van der Waals surface area contributed by atoms with Gasteiger partial charge >= 0.3 is 0 Å². The Morgan fingerprint density at radius 3 is 2.84 bits per heavy atom. The highest BCUT2D eigenvalue weighted by Crippen LogP contribution is 2.27. The molecule has 3 aromatic rings. The molecule has 3 rings (SSSR count). The van der Waals surface area contributed by atoms with Crippen LogP contribution in [0.4, 0.5) is 0 Å². The molecule has 0 atom stereocenters. The Kier molecular flexibility index (Phi) is 2.83. The number of ketones is 1. The van der Waals surface area contributed by atoms with E-state index in [0.29, 0.717) is 16.3 Å². The molecular weight excluding hydrogens is 260 g/mol. The van der Waals surface area contributed by atoms with Crippen LogP contribution in [0.15, 0.2) is 30.5 Å². The number of aromatic amines is 1. The maximum atomic E-state index is 12.3. The number of carbonyl (C=O) groups is 1. The first-order valence-corrected chi connectivity index (χ1v) is 6.63. The van der Waals surface area contributed by atoms with Crippen LogP contribution in [0, 0.1) is 6.92 Å². The zero-order valence-electron chi connectivity index (χ0n) is 10.6. The molecule has 4 nitrogen and oxygen atoms in total. The van der Waals surface area contributed by atoms with E-state index in [0.717, 1.165) is 15.9 Å². The highest BCUT2D eigenvalue weighted by Gasteiger charge is 2.14. The van der Waals surface area contributed by atoms with Gasteiger partial charge in [-0.3, -0.25) is 4.79 Å². The topological polar surface area (TPSA) is 55.0 Å². The van der Waals surface area contributed by atoms with Crippen LogP contribution in [0.3, 0.4) is 0 Å². The summed E-state index contributed by atoms with van der Waals surface area (Å²) in [7, 11) is 1.55. The van der Waals surface area contributed by atoms with Crippen LogP contribution in [-0.2, 0) is 0 Å². The molecule has 0 spiro atoms. The van der Waals surface area contributed by atoms with Gasteiger partial charge in [-0.25, -0.2) is 4.98 Å². The van der Waals surface area contributed by atoms with Crippen molar-refractivity contribution in [3.8, 4) is 5.88 Å². The molecule has 0 aromatic carbocycles. The highest BCUT2D eigenvalue weighted by atomic mass is 32.1. The summed E-state index contributed by atoms with van der Waals surface area (Å²) >= 11 is 1.47. The number of nitrogens with zero attached hydrogens (tertiary/aromatic N) is 1. The number of H-pyrrole nitrogens is 1. The number of thiophene rings is 1. The first-order valence-electron chi connectivity index (χ1n) is 5.81. The van der Waals surface area contributed by atoms with Gasteiger partial charge in [0.1, 0.15) is 4.83 Å². The number of rotatable bonds is 3. The molecule has 0 saturated carbocycles. The van der Waals surface area contributed by atoms with Crippen molar-refractivity contribution >= 4 is 27.3 Å². The molecule has 0 aliphatic carbocycles. The lowest BCUT2D eigenvalue weighted by Crippen LogP contribution is -1.99. The maximum absolute atomic E-state index is 12.3. The molecule has 0 aliphatic rings. The summed E-state index contributed by atoms with van der Waals surface area (Å²) in [5.74, 6) is 0.493. The van der Waals surface area contributed by atoms with Crippen LogP contribution >= 0.6 is 11.3 Å². The van der Waals surface area contributed by atoms with Gasteiger partial charge in [0.2, 0.25) is 11.7 Å². The predicted molar refractivity (Wildman–Crippen MR) is 75.1 cm³/mol. The molecule has 0 saturated heterocycles. The van der Waals surface area contributed by atoms with Crippen LogP contribution in [-0.4, -0.2) is 22.9 Å². The minimum Gasteiger partial charge on any atom is -0.481 e. The lowest BCUT2D eigenvalue weighted by atomic mass is 10.1. The third kappa shape index (κ3) is 2.13. The third-order valence-electron chi connectivity index (χ3n) is 2.87. The Morgan fingerprint density at radius 2 is 2.21 bits per heavy atom. The van der Waals surface area contributed by atoms with E-state index in [4.69, 9.17) is 4.74 Å². The number of hydrogen-bond acceptors (Lipinski definition) is 4. The van der Waals surface area contributed by atoms with Crippen molar-refractivity contribution in [1.29, 1.82) is 0 Å². The number of carbonyl (C=O) groups excluding carboxylic acids is 1. The van der Waals surface area contributed by atoms with Crippen molar-refractivity contribution < 1.29 is 9.53 Å². The number of methoxy groups -OCH3 is 1. The van der Waals surface area contributed by atoms with Crippen LogP contribution < -0.4 is 4.74 Å². The summed E-state index contributed by atoms with van der Waals surface area (Å²) in [6.45, 7) is 2.00. The second-order valence-corrected chi connectivity index (χ2v) is 5.32. The van der Waals surface area contributed by atoms with Crippen LogP contribution in [0.2, 0.25) is 0 Å². The molecular formula is C14H12N2O2S. The summed E-state index contributed by atoms with van der Waals surface area (Å²) in [6.07, 6.45) is 1.54. The van der Waals surface area contributed by atoms with Gasteiger partial charge in [0.15, 0.2) is 0 Å². The fourth-order valence-corrected chi connectivity index (χ4v) is 3.01. The normalized spacial score (nSPS) is 10.8. The van der Waals surface area contributed by atoms with Crippen LogP contribution in [0.1, 0.15) is 20.9 Å². The summed E-state index contributed by atoms with van der Waals surface area (Å²) < 4.78 is 4.98. The Morgan fingerprint density at radius 1 is 1.37 bits per heavy atom. The van der Waals surface area contributed by atoms with E-state index in [-0.39, 0.29) is 5.78 Å². The fourth-order valence-electron chi connectivity index (χ4n) is 1.95. The molecule has 0 bridgehead atoms. The van der Waals surface area contributed by atoms with Gasteiger partial charge in [-0.1, -0.05) is 0 Å². The smallest absolute Gasteiger partial charge is 0.212 e. The molecule has 0 radical (unpaired) electrons. The molecule has 96 valence electrons. The number of ether oxygens (including phenoxy) is 1. The molecule has 5 heteroatoms. The quantitative estimate of drug-likeness (QED) is 0.745. The Labute approximate surface area is 114 Å². The van der Waals surface area contributed by atoms with E-state index in [2.05, 4.69) is 9.97 Å². The van der Waals surface area contributed by atoms with Gasteiger partial charge in [-0.15, -0.1) is 11.3 Å². The number of pyridine rings is 1. The Bertz CT molecular complexity index is 709. The van der Waals surface area contributed by atoms with Crippen molar-refractivity contribution in [2.24, 2.45) is 0 Å². The first-order chi connectivity index (χ1) is 9.17. The number of aromatic nitrogens is 2. The molecule has 0 aliphatic heterocycles. The number of nitrogens with one attached hydrogen (secondary N) is 1. The molecule has 0 fully saturated rings. The standard InChI is InChI=1S/C14H12N2O2S/c1-8-5-10-6-11(19-14(10)16-8)13(17)9-3-4-12(18-2)15-7-9/h3-7,16H,1-2H3. The van der Waals surface area contributed by atoms with Gasteiger partial charge < -0.3 is 9.72 Å². The zero-order chi connectivity index (χ0) is 13.4. The zero-order valence-corrected chi connectivity index (χ0v) is 11.4. The van der Waals surface area contributed by atoms with Gasteiger partial charge in [0.25, 0.3) is 0 Å². The van der Waals surface area contributed by atoms with Gasteiger partial charge in [0.05, 0.1) is 12.0 Å². The van der Waals surface area contributed by atoms with E-state index in [1.807, 2.05) is 19.1 Å². The van der Waals surface area contributed by atoms with Crippen molar-refractivity contribution in [3.05, 3.63) is 46.6 Å². The van der Waals surface area contributed by atoms with Crippen molar-refractivity contribution in [1.82, 2.24) is 9.97 Å². The predicted octanol–water partition coefficient (Wildman–Crippen LogP) is 3.17. The van der Waals surface area contributed by atoms with E-state index < -0.39 is 0 Å². The Hall–Kier alpha value is -2.14. The van der Waals surface area contributed by atoms with E-state index in [1.165, 1.54) is 11.3 Å². The van der Waals surface area contributed by atoms with E-state index >= 15 is 0 Å².